The first-order valence-corrected chi connectivity index (χ1v) is 4.19. The summed E-state index contributed by atoms with van der Waals surface area (Å²) in [5, 5.41) is 0. The maximum Gasteiger partial charge on any atom is 0.334 e. The van der Waals surface area contributed by atoms with Crippen LogP contribution in [0.25, 0.3) is 0 Å². The van der Waals surface area contributed by atoms with E-state index >= 15 is 0 Å². The summed E-state index contributed by atoms with van der Waals surface area (Å²) in [7, 11) is 0. The lowest BCUT2D eigenvalue weighted by atomic mass is 9.84. The highest BCUT2D eigenvalue weighted by Crippen LogP contribution is 2.37. The van der Waals surface area contributed by atoms with Gasteiger partial charge in [0.1, 0.15) is 6.10 Å². The molecular weight excluding hydrogens is 140 g/mol. The Labute approximate surface area is 66.2 Å². The van der Waals surface area contributed by atoms with E-state index in [1.54, 1.807) is 0 Å². The molecule has 2 nitrogen and oxygen atoms in total. The van der Waals surface area contributed by atoms with Crippen LogP contribution in [-0.4, -0.2) is 12.1 Å². The molecule has 2 heteroatoms. The number of ether oxygens (including phenoxy) is 1. The molecule has 2 rings (SSSR count). The average Bonchev–Trinajstić information content (AvgIpc) is 2.30. The third-order valence-electron chi connectivity index (χ3n) is 2.67. The fourth-order valence-corrected chi connectivity index (χ4v) is 2.00. The van der Waals surface area contributed by atoms with Crippen molar-refractivity contribution in [3.8, 4) is 0 Å². The van der Waals surface area contributed by atoms with Gasteiger partial charge in [0.25, 0.3) is 0 Å². The van der Waals surface area contributed by atoms with E-state index in [4.69, 9.17) is 4.74 Å². The standard InChI is InChI=1S/C9H12O2/c1-6-7-4-2-3-5-8(7)11-9(6)10/h7-8H,1-5H2/t7-,8+/m1/s1. The molecule has 0 aromatic heterocycles. The van der Waals surface area contributed by atoms with Gasteiger partial charge < -0.3 is 4.74 Å². The van der Waals surface area contributed by atoms with Crippen molar-refractivity contribution in [2.24, 2.45) is 5.92 Å². The maximum absolute atomic E-state index is 11.0. The van der Waals surface area contributed by atoms with Crippen LogP contribution in [0.5, 0.6) is 0 Å². The summed E-state index contributed by atoms with van der Waals surface area (Å²) >= 11 is 0. The van der Waals surface area contributed by atoms with Crippen molar-refractivity contribution in [3.63, 3.8) is 0 Å². The highest BCUT2D eigenvalue weighted by molar-refractivity contribution is 5.90. The van der Waals surface area contributed by atoms with Crippen LogP contribution in [0.3, 0.4) is 0 Å². The van der Waals surface area contributed by atoms with Crippen LogP contribution in [-0.2, 0) is 9.53 Å². The first-order valence-electron chi connectivity index (χ1n) is 4.19. The van der Waals surface area contributed by atoms with Crippen LogP contribution in [0.1, 0.15) is 25.7 Å². The van der Waals surface area contributed by atoms with Gasteiger partial charge in [-0.15, -0.1) is 0 Å². The molecule has 1 heterocycles. The summed E-state index contributed by atoms with van der Waals surface area (Å²) in [5.41, 5.74) is 0.703. The minimum absolute atomic E-state index is 0.165. The second-order valence-electron chi connectivity index (χ2n) is 3.36. The Kier molecular flexibility index (Phi) is 1.48. The van der Waals surface area contributed by atoms with Gasteiger partial charge in [-0.1, -0.05) is 13.0 Å². The van der Waals surface area contributed by atoms with Crippen LogP contribution in [0.2, 0.25) is 0 Å². The number of carbonyl (C=O) groups excluding carboxylic acids is 1. The van der Waals surface area contributed by atoms with Crippen molar-refractivity contribution in [1.82, 2.24) is 0 Å². The average molecular weight is 152 g/mol. The van der Waals surface area contributed by atoms with Gasteiger partial charge in [0.2, 0.25) is 0 Å². The maximum atomic E-state index is 11.0. The highest BCUT2D eigenvalue weighted by Gasteiger charge is 2.39. The molecule has 11 heavy (non-hydrogen) atoms. The van der Waals surface area contributed by atoms with E-state index in [2.05, 4.69) is 6.58 Å². The number of rotatable bonds is 0. The molecular formula is C9H12O2. The predicted molar refractivity (Wildman–Crippen MR) is 41.0 cm³/mol. The lowest BCUT2D eigenvalue weighted by molar-refractivity contribution is -0.139. The van der Waals surface area contributed by atoms with E-state index in [0.29, 0.717) is 11.5 Å². The topological polar surface area (TPSA) is 26.3 Å². The zero-order valence-electron chi connectivity index (χ0n) is 6.51. The molecule has 0 bridgehead atoms. The molecule has 0 spiro atoms. The molecule has 1 saturated heterocycles. The van der Waals surface area contributed by atoms with Crippen LogP contribution in [0, 0.1) is 5.92 Å². The van der Waals surface area contributed by atoms with Gasteiger partial charge in [-0.2, -0.15) is 0 Å². The lowest BCUT2D eigenvalue weighted by Crippen LogP contribution is -2.20. The van der Waals surface area contributed by atoms with Crippen molar-refractivity contribution < 1.29 is 9.53 Å². The molecule has 0 aromatic carbocycles. The van der Waals surface area contributed by atoms with Crippen LogP contribution < -0.4 is 0 Å². The molecule has 1 aliphatic carbocycles. The SMILES string of the molecule is C=C1C(=O)O[C@H]2CCCC[C@H]12. The minimum atomic E-state index is -0.165. The van der Waals surface area contributed by atoms with Crippen molar-refractivity contribution in [3.05, 3.63) is 12.2 Å². The van der Waals surface area contributed by atoms with Gasteiger partial charge >= 0.3 is 5.97 Å². The van der Waals surface area contributed by atoms with Gasteiger partial charge in [-0.05, 0) is 19.3 Å². The number of carbonyl (C=O) groups is 1. The van der Waals surface area contributed by atoms with E-state index in [0.717, 1.165) is 12.8 Å². The van der Waals surface area contributed by atoms with Gasteiger partial charge in [0.15, 0.2) is 0 Å². The largest absolute Gasteiger partial charge is 0.458 e. The minimum Gasteiger partial charge on any atom is -0.458 e. The summed E-state index contributed by atoms with van der Waals surface area (Å²) < 4.78 is 5.14. The Bertz CT molecular complexity index is 208. The second-order valence-corrected chi connectivity index (χ2v) is 3.36. The van der Waals surface area contributed by atoms with E-state index < -0.39 is 0 Å². The molecule has 0 unspecified atom stereocenters. The fraction of sp³-hybridized carbons (Fsp3) is 0.667. The zero-order chi connectivity index (χ0) is 7.84. The predicted octanol–water partition coefficient (Wildman–Crippen LogP) is 1.66. The van der Waals surface area contributed by atoms with E-state index in [1.807, 2.05) is 0 Å². The van der Waals surface area contributed by atoms with Crippen LogP contribution in [0.4, 0.5) is 0 Å². The fourth-order valence-electron chi connectivity index (χ4n) is 2.00. The smallest absolute Gasteiger partial charge is 0.334 e. The third kappa shape index (κ3) is 0.971. The molecule has 2 fully saturated rings. The molecule has 0 radical (unpaired) electrons. The van der Waals surface area contributed by atoms with Crippen LogP contribution in [0.15, 0.2) is 12.2 Å². The van der Waals surface area contributed by atoms with Crippen LogP contribution >= 0.6 is 0 Å². The summed E-state index contributed by atoms with van der Waals surface area (Å²) in [6.07, 6.45) is 4.72. The molecule has 0 amide bonds. The Morgan fingerprint density at radius 3 is 2.82 bits per heavy atom. The summed E-state index contributed by atoms with van der Waals surface area (Å²) in [4.78, 5) is 11.0. The lowest BCUT2D eigenvalue weighted by Gasteiger charge is -2.22. The normalized spacial score (nSPS) is 36.7. The second kappa shape index (κ2) is 2.36. The third-order valence-corrected chi connectivity index (χ3v) is 2.67. The number of hydrogen-bond acceptors (Lipinski definition) is 2. The quantitative estimate of drug-likeness (QED) is 0.390. The Balaban J connectivity index is 2.18. The molecule has 1 aliphatic heterocycles. The summed E-state index contributed by atoms with van der Waals surface area (Å²) in [6, 6.07) is 0. The van der Waals surface area contributed by atoms with E-state index in [9.17, 15) is 4.79 Å². The van der Waals surface area contributed by atoms with Gasteiger partial charge in [-0.25, -0.2) is 4.79 Å². The summed E-state index contributed by atoms with van der Waals surface area (Å²) in [6.45, 7) is 3.74. The molecule has 1 saturated carbocycles. The molecule has 2 aliphatic rings. The zero-order valence-corrected chi connectivity index (χ0v) is 6.51. The monoisotopic (exact) mass is 152 g/mol. The molecule has 0 N–H and O–H groups in total. The van der Waals surface area contributed by atoms with Gasteiger partial charge in [0.05, 0.1) is 0 Å². The van der Waals surface area contributed by atoms with E-state index in [-0.39, 0.29) is 12.1 Å². The van der Waals surface area contributed by atoms with Gasteiger partial charge in [0, 0.05) is 11.5 Å². The molecule has 60 valence electrons. The Hall–Kier alpha value is -0.790. The molecule has 0 aromatic rings. The van der Waals surface area contributed by atoms with Crippen molar-refractivity contribution in [2.45, 2.75) is 31.8 Å². The van der Waals surface area contributed by atoms with Crippen molar-refractivity contribution >= 4 is 5.97 Å². The molecule has 2 atom stereocenters. The number of esters is 1. The first kappa shape index (κ1) is 6.89. The Morgan fingerprint density at radius 2 is 2.09 bits per heavy atom. The Morgan fingerprint density at radius 1 is 1.36 bits per heavy atom. The number of hydrogen-bond donors (Lipinski definition) is 0. The summed E-state index contributed by atoms with van der Waals surface area (Å²) in [5.74, 6) is 0.179. The number of fused-ring (bicyclic) bond motifs is 1. The first-order chi connectivity index (χ1) is 5.29. The van der Waals surface area contributed by atoms with Crippen molar-refractivity contribution in [2.75, 3.05) is 0 Å². The van der Waals surface area contributed by atoms with E-state index in [1.165, 1.54) is 12.8 Å². The van der Waals surface area contributed by atoms with Gasteiger partial charge in [-0.3, -0.25) is 0 Å². The highest BCUT2D eigenvalue weighted by atomic mass is 16.6. The van der Waals surface area contributed by atoms with Crippen molar-refractivity contribution in [1.29, 1.82) is 0 Å².